The maximum atomic E-state index is 11.8. The number of carboxylic acids is 1. The molecule has 0 aliphatic rings. The van der Waals surface area contributed by atoms with Crippen molar-refractivity contribution in [2.75, 3.05) is 6.61 Å². The van der Waals surface area contributed by atoms with Crippen molar-refractivity contribution in [3.8, 4) is 0 Å². The van der Waals surface area contributed by atoms with E-state index in [1.807, 2.05) is 13.8 Å². The lowest BCUT2D eigenvalue weighted by molar-refractivity contribution is -0.140. The molecule has 0 aliphatic heterocycles. The Morgan fingerprint density at radius 3 is 2.16 bits per heavy atom. The third-order valence-electron chi connectivity index (χ3n) is 2.72. The molecule has 0 saturated carbocycles. The minimum atomic E-state index is -1.10. The highest BCUT2D eigenvalue weighted by Crippen LogP contribution is 2.14. The fourth-order valence-corrected chi connectivity index (χ4v) is 1.56. The van der Waals surface area contributed by atoms with Crippen LogP contribution >= 0.6 is 0 Å². The molecule has 0 saturated heterocycles. The molecule has 110 valence electrons. The molecule has 0 bridgehead atoms. The predicted molar refractivity (Wildman–Crippen MR) is 74.8 cm³/mol. The van der Waals surface area contributed by atoms with Gasteiger partial charge in [0.05, 0.1) is 6.61 Å². The van der Waals surface area contributed by atoms with Crippen LogP contribution in [0.3, 0.4) is 0 Å². The first-order valence-corrected chi connectivity index (χ1v) is 6.93. The Kier molecular flexibility index (Phi) is 8.92. The van der Waals surface area contributed by atoms with Gasteiger partial charge >= 0.3 is 11.9 Å². The van der Waals surface area contributed by atoms with Crippen LogP contribution in [0, 0.1) is 11.8 Å². The summed E-state index contributed by atoms with van der Waals surface area (Å²) in [6.45, 7) is 8.63. The van der Waals surface area contributed by atoms with E-state index in [0.717, 1.165) is 25.3 Å². The minimum absolute atomic E-state index is 0.261. The molecule has 0 amide bonds. The van der Waals surface area contributed by atoms with E-state index in [0.29, 0.717) is 24.9 Å². The van der Waals surface area contributed by atoms with E-state index < -0.39 is 11.9 Å². The molecule has 0 unspecified atom stereocenters. The summed E-state index contributed by atoms with van der Waals surface area (Å²) in [5, 5.41) is 8.77. The average Bonchev–Trinajstić information content (AvgIpc) is 2.26. The highest BCUT2D eigenvalue weighted by atomic mass is 16.5. The van der Waals surface area contributed by atoms with Crippen LogP contribution in [-0.2, 0) is 14.3 Å². The monoisotopic (exact) mass is 270 g/mol. The number of rotatable bonds is 9. The van der Waals surface area contributed by atoms with E-state index in [-0.39, 0.29) is 5.57 Å². The summed E-state index contributed by atoms with van der Waals surface area (Å²) in [4.78, 5) is 22.5. The number of esters is 1. The molecule has 0 aromatic heterocycles. The number of aliphatic carboxylic acids is 1. The maximum absolute atomic E-state index is 11.8. The lowest BCUT2D eigenvalue weighted by Crippen LogP contribution is -2.12. The molecule has 0 radical (unpaired) electrons. The third-order valence-corrected chi connectivity index (χ3v) is 2.72. The largest absolute Gasteiger partial charge is 0.478 e. The Bertz CT molecular complexity index is 316. The zero-order valence-corrected chi connectivity index (χ0v) is 12.4. The minimum Gasteiger partial charge on any atom is -0.478 e. The zero-order chi connectivity index (χ0) is 14.8. The first-order valence-electron chi connectivity index (χ1n) is 6.93. The molecule has 4 nitrogen and oxygen atoms in total. The molecule has 1 N–H and O–H groups in total. The van der Waals surface area contributed by atoms with Gasteiger partial charge in [-0.1, -0.05) is 34.1 Å². The van der Waals surface area contributed by atoms with E-state index in [1.54, 1.807) is 0 Å². The molecule has 19 heavy (non-hydrogen) atoms. The standard InChI is InChI=1S/C15H26O4/c1-11(2)6-5-7-13(10-14(16)17)15(18)19-9-8-12(3)4/h10-12H,5-9H2,1-4H3,(H,16,17)/b13-10-. The van der Waals surface area contributed by atoms with E-state index in [4.69, 9.17) is 9.84 Å². The summed E-state index contributed by atoms with van der Waals surface area (Å²) in [5.41, 5.74) is 0.261. The van der Waals surface area contributed by atoms with Gasteiger partial charge in [-0.3, -0.25) is 0 Å². The van der Waals surface area contributed by atoms with E-state index in [9.17, 15) is 9.59 Å². The van der Waals surface area contributed by atoms with Crippen molar-refractivity contribution in [3.05, 3.63) is 11.6 Å². The number of carbonyl (C=O) groups is 2. The molecule has 0 spiro atoms. The fourth-order valence-electron chi connectivity index (χ4n) is 1.56. The van der Waals surface area contributed by atoms with Crippen LogP contribution in [0.4, 0.5) is 0 Å². The second kappa shape index (κ2) is 9.59. The van der Waals surface area contributed by atoms with Crippen molar-refractivity contribution in [1.29, 1.82) is 0 Å². The maximum Gasteiger partial charge on any atom is 0.334 e. The highest BCUT2D eigenvalue weighted by molar-refractivity contribution is 5.95. The Morgan fingerprint density at radius 2 is 1.68 bits per heavy atom. The lowest BCUT2D eigenvalue weighted by atomic mass is 10.0. The van der Waals surface area contributed by atoms with Crippen molar-refractivity contribution in [3.63, 3.8) is 0 Å². The Hall–Kier alpha value is -1.32. The number of carbonyl (C=O) groups excluding carboxylic acids is 1. The number of ether oxygens (including phenoxy) is 1. The highest BCUT2D eigenvalue weighted by Gasteiger charge is 2.13. The first-order chi connectivity index (χ1) is 8.82. The van der Waals surface area contributed by atoms with Crippen LogP contribution in [-0.4, -0.2) is 23.7 Å². The van der Waals surface area contributed by atoms with Gasteiger partial charge in [0.25, 0.3) is 0 Å². The van der Waals surface area contributed by atoms with Gasteiger partial charge in [0.15, 0.2) is 0 Å². The van der Waals surface area contributed by atoms with Gasteiger partial charge < -0.3 is 9.84 Å². The van der Waals surface area contributed by atoms with Crippen LogP contribution < -0.4 is 0 Å². The summed E-state index contributed by atoms with van der Waals surface area (Å²) in [6.07, 6.45) is 3.99. The topological polar surface area (TPSA) is 63.6 Å². The fraction of sp³-hybridized carbons (Fsp3) is 0.733. The molecule has 0 heterocycles. The Balaban J connectivity index is 4.33. The van der Waals surface area contributed by atoms with Crippen LogP contribution in [0.2, 0.25) is 0 Å². The van der Waals surface area contributed by atoms with Gasteiger partial charge in [0, 0.05) is 11.6 Å². The van der Waals surface area contributed by atoms with Crippen molar-refractivity contribution < 1.29 is 19.4 Å². The molecular weight excluding hydrogens is 244 g/mol. The number of carboxylic acid groups (broad SMARTS) is 1. The molecule has 0 aliphatic carbocycles. The van der Waals surface area contributed by atoms with Crippen molar-refractivity contribution in [1.82, 2.24) is 0 Å². The van der Waals surface area contributed by atoms with Crippen molar-refractivity contribution in [2.24, 2.45) is 11.8 Å². The predicted octanol–water partition coefficient (Wildman–Crippen LogP) is 3.41. The number of hydrogen-bond acceptors (Lipinski definition) is 3. The Morgan fingerprint density at radius 1 is 1.11 bits per heavy atom. The van der Waals surface area contributed by atoms with Gasteiger partial charge in [0.1, 0.15) is 0 Å². The second-order valence-electron chi connectivity index (χ2n) is 5.61. The molecular formula is C15H26O4. The van der Waals surface area contributed by atoms with Gasteiger partial charge in [-0.05, 0) is 31.1 Å². The van der Waals surface area contributed by atoms with Crippen LogP contribution in [0.25, 0.3) is 0 Å². The van der Waals surface area contributed by atoms with Gasteiger partial charge in [-0.15, -0.1) is 0 Å². The molecule has 0 rings (SSSR count). The van der Waals surface area contributed by atoms with E-state index in [2.05, 4.69) is 13.8 Å². The van der Waals surface area contributed by atoms with Gasteiger partial charge in [-0.25, -0.2) is 9.59 Å². The normalized spacial score (nSPS) is 12.0. The van der Waals surface area contributed by atoms with Crippen LogP contribution in [0.1, 0.15) is 53.4 Å². The summed E-state index contributed by atoms with van der Waals surface area (Å²) >= 11 is 0. The molecule has 4 heteroatoms. The van der Waals surface area contributed by atoms with Gasteiger partial charge in [0.2, 0.25) is 0 Å². The first kappa shape index (κ1) is 17.7. The van der Waals surface area contributed by atoms with Crippen molar-refractivity contribution >= 4 is 11.9 Å². The van der Waals surface area contributed by atoms with E-state index in [1.165, 1.54) is 0 Å². The summed E-state index contributed by atoms with van der Waals surface area (Å²) in [5.74, 6) is -0.587. The zero-order valence-electron chi connectivity index (χ0n) is 12.4. The van der Waals surface area contributed by atoms with Crippen LogP contribution in [0.5, 0.6) is 0 Å². The smallest absolute Gasteiger partial charge is 0.334 e. The molecule has 0 aromatic carbocycles. The second-order valence-corrected chi connectivity index (χ2v) is 5.61. The van der Waals surface area contributed by atoms with Crippen LogP contribution in [0.15, 0.2) is 11.6 Å². The quantitative estimate of drug-likeness (QED) is 0.515. The van der Waals surface area contributed by atoms with Crippen molar-refractivity contribution in [2.45, 2.75) is 53.4 Å². The van der Waals surface area contributed by atoms with E-state index >= 15 is 0 Å². The molecule has 0 aromatic rings. The van der Waals surface area contributed by atoms with Gasteiger partial charge in [-0.2, -0.15) is 0 Å². The Labute approximate surface area is 115 Å². The SMILES string of the molecule is CC(C)CCC/C(=C/C(=O)O)C(=O)OCCC(C)C. The lowest BCUT2D eigenvalue weighted by Gasteiger charge is -2.10. The molecule has 0 atom stereocenters. The summed E-state index contributed by atoms with van der Waals surface area (Å²) in [6, 6.07) is 0. The molecule has 0 fully saturated rings. The summed E-state index contributed by atoms with van der Waals surface area (Å²) < 4.78 is 5.10. The summed E-state index contributed by atoms with van der Waals surface area (Å²) in [7, 11) is 0. The number of hydrogen-bond donors (Lipinski definition) is 1. The average molecular weight is 270 g/mol. The third kappa shape index (κ3) is 10.3.